The van der Waals surface area contributed by atoms with Crippen molar-refractivity contribution in [3.8, 4) is 0 Å². The first kappa shape index (κ1) is 16.0. The lowest BCUT2D eigenvalue weighted by Crippen LogP contribution is -2.34. The highest BCUT2D eigenvalue weighted by Crippen LogP contribution is 2.27. The van der Waals surface area contributed by atoms with Gasteiger partial charge >= 0.3 is 0 Å². The van der Waals surface area contributed by atoms with E-state index in [1.165, 1.54) is 23.1 Å². The molecule has 0 amide bonds. The second kappa shape index (κ2) is 6.79. The van der Waals surface area contributed by atoms with Gasteiger partial charge in [-0.25, -0.2) is 0 Å². The molecule has 0 aliphatic carbocycles. The Labute approximate surface area is 153 Å². The molecule has 4 heteroatoms. The largest absolute Gasteiger partial charge is 0.369 e. The standard InChI is InChI=1S/C20H20Cl2N2/c21-19-6-5-15(11-20(19)22)12-23-9-8-18(14-23)24-10-7-16-3-1-2-4-17(16)13-24/h1-7,10-11,18H,8-9,12-14H2. The van der Waals surface area contributed by atoms with Crippen molar-refractivity contribution in [1.29, 1.82) is 0 Å². The molecule has 1 fully saturated rings. The SMILES string of the molecule is Clc1ccc(CN2CCC(N3C=Cc4ccccc4C3)C2)cc1Cl. The summed E-state index contributed by atoms with van der Waals surface area (Å²) < 4.78 is 0. The Balaban J connectivity index is 1.39. The van der Waals surface area contributed by atoms with E-state index in [4.69, 9.17) is 23.2 Å². The average Bonchev–Trinajstić information content (AvgIpc) is 3.06. The summed E-state index contributed by atoms with van der Waals surface area (Å²) in [6.45, 7) is 4.16. The second-order valence-electron chi connectivity index (χ2n) is 6.61. The molecule has 24 heavy (non-hydrogen) atoms. The van der Waals surface area contributed by atoms with E-state index in [1.54, 1.807) is 0 Å². The Bertz CT molecular complexity index is 772. The first-order valence-corrected chi connectivity index (χ1v) is 9.13. The van der Waals surface area contributed by atoms with Gasteiger partial charge in [0, 0.05) is 38.4 Å². The van der Waals surface area contributed by atoms with Gasteiger partial charge in [0.25, 0.3) is 0 Å². The molecule has 0 bridgehead atoms. The third-order valence-corrected chi connectivity index (χ3v) is 5.70. The molecule has 2 aromatic carbocycles. The zero-order chi connectivity index (χ0) is 16.5. The maximum absolute atomic E-state index is 6.13. The molecule has 2 aliphatic rings. The van der Waals surface area contributed by atoms with Gasteiger partial charge in [0.1, 0.15) is 0 Å². The minimum absolute atomic E-state index is 0.581. The van der Waals surface area contributed by atoms with Crippen LogP contribution < -0.4 is 0 Å². The Hall–Kier alpha value is -1.48. The normalized spacial score (nSPS) is 20.4. The van der Waals surface area contributed by atoms with Gasteiger partial charge in [0.2, 0.25) is 0 Å². The Morgan fingerprint density at radius 3 is 2.79 bits per heavy atom. The highest BCUT2D eigenvalue weighted by molar-refractivity contribution is 6.42. The zero-order valence-corrected chi connectivity index (χ0v) is 15.0. The van der Waals surface area contributed by atoms with Crippen LogP contribution in [0.3, 0.4) is 0 Å². The fraction of sp³-hybridized carbons (Fsp3) is 0.300. The summed E-state index contributed by atoms with van der Waals surface area (Å²) in [5.41, 5.74) is 3.99. The molecule has 1 atom stereocenters. The molecule has 2 nitrogen and oxygen atoms in total. The van der Waals surface area contributed by atoms with Crippen LogP contribution in [0.2, 0.25) is 10.0 Å². The predicted octanol–water partition coefficient (Wildman–Crippen LogP) is 5.05. The summed E-state index contributed by atoms with van der Waals surface area (Å²) in [4.78, 5) is 4.98. The molecule has 4 rings (SSSR count). The number of nitrogens with zero attached hydrogens (tertiary/aromatic N) is 2. The lowest BCUT2D eigenvalue weighted by atomic mass is 10.0. The first-order chi connectivity index (χ1) is 11.7. The van der Waals surface area contributed by atoms with Gasteiger partial charge in [0.05, 0.1) is 10.0 Å². The van der Waals surface area contributed by atoms with Crippen molar-refractivity contribution in [1.82, 2.24) is 9.80 Å². The fourth-order valence-corrected chi connectivity index (χ4v) is 3.96. The van der Waals surface area contributed by atoms with Crippen LogP contribution in [0.25, 0.3) is 6.08 Å². The number of hydrogen-bond acceptors (Lipinski definition) is 2. The van der Waals surface area contributed by atoms with E-state index < -0.39 is 0 Å². The molecule has 0 saturated carbocycles. The van der Waals surface area contributed by atoms with Gasteiger partial charge in [-0.2, -0.15) is 0 Å². The average molecular weight is 359 g/mol. The van der Waals surface area contributed by atoms with Gasteiger partial charge in [0.15, 0.2) is 0 Å². The van der Waals surface area contributed by atoms with E-state index in [0.717, 1.165) is 26.2 Å². The monoisotopic (exact) mass is 358 g/mol. The van der Waals surface area contributed by atoms with Gasteiger partial charge in [-0.3, -0.25) is 4.90 Å². The topological polar surface area (TPSA) is 6.48 Å². The van der Waals surface area contributed by atoms with Gasteiger partial charge < -0.3 is 4.90 Å². The molecule has 0 N–H and O–H groups in total. The zero-order valence-electron chi connectivity index (χ0n) is 13.5. The van der Waals surface area contributed by atoms with Crippen LogP contribution in [0.5, 0.6) is 0 Å². The predicted molar refractivity (Wildman–Crippen MR) is 101 cm³/mol. The van der Waals surface area contributed by atoms with E-state index in [9.17, 15) is 0 Å². The highest BCUT2D eigenvalue weighted by Gasteiger charge is 2.27. The van der Waals surface area contributed by atoms with Crippen LogP contribution in [0.1, 0.15) is 23.1 Å². The third-order valence-electron chi connectivity index (χ3n) is 4.96. The number of halogens is 2. The molecule has 1 saturated heterocycles. The van der Waals surface area contributed by atoms with Crippen LogP contribution in [0.15, 0.2) is 48.7 Å². The molecule has 0 spiro atoms. The van der Waals surface area contributed by atoms with Crippen molar-refractivity contribution in [2.75, 3.05) is 13.1 Å². The summed E-state index contributed by atoms with van der Waals surface area (Å²) in [7, 11) is 0. The van der Waals surface area contributed by atoms with Gasteiger partial charge in [-0.1, -0.05) is 53.5 Å². The maximum Gasteiger partial charge on any atom is 0.0595 e. The Kier molecular flexibility index (Phi) is 4.53. The quantitative estimate of drug-likeness (QED) is 0.756. The molecule has 1 unspecified atom stereocenters. The van der Waals surface area contributed by atoms with Gasteiger partial charge in [-0.05, 0) is 41.3 Å². The van der Waals surface area contributed by atoms with Crippen molar-refractivity contribution >= 4 is 29.3 Å². The highest BCUT2D eigenvalue weighted by atomic mass is 35.5. The summed E-state index contributed by atoms with van der Waals surface area (Å²) in [6, 6.07) is 15.2. The number of benzene rings is 2. The van der Waals surface area contributed by atoms with Crippen molar-refractivity contribution in [3.05, 3.63) is 75.4 Å². The van der Waals surface area contributed by atoms with Crippen LogP contribution in [-0.4, -0.2) is 28.9 Å². The Morgan fingerprint density at radius 1 is 1.04 bits per heavy atom. The molecule has 2 aromatic rings. The summed E-state index contributed by atoms with van der Waals surface area (Å²) in [5.74, 6) is 0. The maximum atomic E-state index is 6.13. The van der Waals surface area contributed by atoms with Crippen LogP contribution in [-0.2, 0) is 13.1 Å². The second-order valence-corrected chi connectivity index (χ2v) is 7.43. The van der Waals surface area contributed by atoms with Crippen molar-refractivity contribution in [3.63, 3.8) is 0 Å². The van der Waals surface area contributed by atoms with E-state index in [0.29, 0.717) is 16.1 Å². The minimum atomic E-state index is 0.581. The van der Waals surface area contributed by atoms with Crippen LogP contribution in [0.4, 0.5) is 0 Å². The van der Waals surface area contributed by atoms with Crippen molar-refractivity contribution < 1.29 is 0 Å². The van der Waals surface area contributed by atoms with Gasteiger partial charge in [-0.15, -0.1) is 0 Å². The summed E-state index contributed by atoms with van der Waals surface area (Å²) in [5, 5.41) is 1.26. The van der Waals surface area contributed by atoms with E-state index in [1.807, 2.05) is 12.1 Å². The minimum Gasteiger partial charge on any atom is -0.369 e. The molecular weight excluding hydrogens is 339 g/mol. The number of likely N-dealkylation sites (tertiary alicyclic amines) is 1. The fourth-order valence-electron chi connectivity index (χ4n) is 3.64. The summed E-state index contributed by atoms with van der Waals surface area (Å²) >= 11 is 12.1. The van der Waals surface area contributed by atoms with Crippen molar-refractivity contribution in [2.45, 2.75) is 25.6 Å². The lowest BCUT2D eigenvalue weighted by Gasteiger charge is -2.31. The Morgan fingerprint density at radius 2 is 1.92 bits per heavy atom. The van der Waals surface area contributed by atoms with Crippen LogP contribution in [0, 0.1) is 0 Å². The lowest BCUT2D eigenvalue weighted by molar-refractivity contribution is 0.247. The smallest absolute Gasteiger partial charge is 0.0595 e. The first-order valence-electron chi connectivity index (χ1n) is 8.37. The van der Waals surface area contributed by atoms with Crippen LogP contribution >= 0.6 is 23.2 Å². The number of rotatable bonds is 3. The summed E-state index contributed by atoms with van der Waals surface area (Å²) in [6.07, 6.45) is 5.70. The molecule has 2 aliphatic heterocycles. The van der Waals surface area contributed by atoms with E-state index in [-0.39, 0.29) is 0 Å². The molecular formula is C20H20Cl2N2. The molecule has 2 heterocycles. The molecule has 0 aromatic heterocycles. The molecule has 124 valence electrons. The third kappa shape index (κ3) is 3.32. The molecule has 0 radical (unpaired) electrons. The number of fused-ring (bicyclic) bond motifs is 1. The number of hydrogen-bond donors (Lipinski definition) is 0. The van der Waals surface area contributed by atoms with E-state index in [2.05, 4.69) is 52.4 Å². The van der Waals surface area contributed by atoms with E-state index >= 15 is 0 Å². The van der Waals surface area contributed by atoms with Crippen molar-refractivity contribution in [2.24, 2.45) is 0 Å².